The molecule has 0 bridgehead atoms. The predicted octanol–water partition coefficient (Wildman–Crippen LogP) is 3.74. The maximum absolute atomic E-state index is 11.7. The molecule has 94 valence electrons. The van der Waals surface area contributed by atoms with Crippen LogP contribution in [-0.4, -0.2) is 17.7 Å². The summed E-state index contributed by atoms with van der Waals surface area (Å²) in [6.45, 7) is 4.79. The number of unbranched alkanes of at least 4 members (excludes halogenated alkanes) is 1. The van der Waals surface area contributed by atoms with Crippen molar-refractivity contribution in [2.75, 3.05) is 6.54 Å². The smallest absolute Gasteiger partial charge is 0.233 e. The first-order valence-electron chi connectivity index (χ1n) is 5.83. The van der Waals surface area contributed by atoms with Gasteiger partial charge in [-0.25, -0.2) is 0 Å². The van der Waals surface area contributed by atoms with E-state index in [0.29, 0.717) is 0 Å². The second-order valence-electron chi connectivity index (χ2n) is 3.86. The summed E-state index contributed by atoms with van der Waals surface area (Å²) >= 11 is 7.35. The minimum atomic E-state index is -0.0759. The van der Waals surface area contributed by atoms with Crippen molar-refractivity contribution in [1.82, 2.24) is 5.32 Å². The van der Waals surface area contributed by atoms with Crippen LogP contribution in [0.2, 0.25) is 5.02 Å². The molecule has 4 heteroatoms. The summed E-state index contributed by atoms with van der Waals surface area (Å²) in [5, 5.41) is 3.57. The van der Waals surface area contributed by atoms with Crippen LogP contribution in [0.15, 0.2) is 29.2 Å². The molecule has 0 fully saturated rings. The maximum Gasteiger partial charge on any atom is 0.233 e. The molecule has 1 unspecified atom stereocenters. The minimum absolute atomic E-state index is 0.0759. The number of halogens is 1. The number of hydrogen-bond donors (Lipinski definition) is 1. The van der Waals surface area contributed by atoms with E-state index in [1.54, 1.807) is 11.8 Å². The van der Waals surface area contributed by atoms with Gasteiger partial charge in [0.05, 0.1) is 5.25 Å². The molecule has 0 saturated heterocycles. The third-order valence-electron chi connectivity index (χ3n) is 2.33. The molecule has 0 aliphatic heterocycles. The van der Waals surface area contributed by atoms with Gasteiger partial charge in [0, 0.05) is 16.5 Å². The van der Waals surface area contributed by atoms with Crippen molar-refractivity contribution in [3.63, 3.8) is 0 Å². The van der Waals surface area contributed by atoms with Gasteiger partial charge in [0.15, 0.2) is 0 Å². The van der Waals surface area contributed by atoms with Gasteiger partial charge in [-0.05, 0) is 37.6 Å². The van der Waals surface area contributed by atoms with Crippen molar-refractivity contribution in [2.45, 2.75) is 36.8 Å². The topological polar surface area (TPSA) is 29.1 Å². The number of nitrogens with one attached hydrogen (secondary N) is 1. The van der Waals surface area contributed by atoms with Crippen molar-refractivity contribution < 1.29 is 4.79 Å². The van der Waals surface area contributed by atoms with Gasteiger partial charge in [0.2, 0.25) is 5.91 Å². The lowest BCUT2D eigenvalue weighted by atomic mass is 10.3. The second kappa shape index (κ2) is 7.62. The third kappa shape index (κ3) is 5.46. The normalized spacial score (nSPS) is 12.2. The Morgan fingerprint density at radius 3 is 2.65 bits per heavy atom. The molecule has 0 saturated carbocycles. The Hall–Kier alpha value is -0.670. The van der Waals surface area contributed by atoms with E-state index in [1.807, 2.05) is 31.2 Å². The van der Waals surface area contributed by atoms with Crippen molar-refractivity contribution >= 4 is 29.3 Å². The number of carbonyl (C=O) groups excluding carboxylic acids is 1. The SMILES string of the molecule is CCCCNC(=O)C(C)Sc1ccc(Cl)cc1. The van der Waals surface area contributed by atoms with E-state index in [2.05, 4.69) is 12.2 Å². The van der Waals surface area contributed by atoms with Crippen LogP contribution in [0.25, 0.3) is 0 Å². The number of thioether (sulfide) groups is 1. The summed E-state index contributed by atoms with van der Waals surface area (Å²) < 4.78 is 0. The standard InChI is InChI=1S/C13H18ClNOS/c1-3-4-9-15-13(16)10(2)17-12-7-5-11(14)6-8-12/h5-8,10H,3-4,9H2,1-2H3,(H,15,16). The highest BCUT2D eigenvalue weighted by Crippen LogP contribution is 2.24. The molecule has 1 aromatic carbocycles. The van der Waals surface area contributed by atoms with E-state index in [0.717, 1.165) is 29.3 Å². The molecule has 0 aliphatic rings. The lowest BCUT2D eigenvalue weighted by Crippen LogP contribution is -2.31. The molecule has 0 aromatic heterocycles. The van der Waals surface area contributed by atoms with Crippen LogP contribution in [0.1, 0.15) is 26.7 Å². The first kappa shape index (κ1) is 14.4. The third-order valence-corrected chi connectivity index (χ3v) is 3.69. The number of benzene rings is 1. The Balaban J connectivity index is 2.40. The average molecular weight is 272 g/mol. The van der Waals surface area contributed by atoms with Crippen LogP contribution in [0.5, 0.6) is 0 Å². The first-order valence-corrected chi connectivity index (χ1v) is 7.09. The van der Waals surface area contributed by atoms with Crippen molar-refractivity contribution in [1.29, 1.82) is 0 Å². The zero-order valence-electron chi connectivity index (χ0n) is 10.2. The summed E-state index contributed by atoms with van der Waals surface area (Å²) in [4.78, 5) is 12.8. The molecule has 0 radical (unpaired) electrons. The van der Waals surface area contributed by atoms with E-state index in [-0.39, 0.29) is 11.2 Å². The highest BCUT2D eigenvalue weighted by Gasteiger charge is 2.13. The fraction of sp³-hybridized carbons (Fsp3) is 0.462. The van der Waals surface area contributed by atoms with Crippen LogP contribution in [0, 0.1) is 0 Å². The lowest BCUT2D eigenvalue weighted by Gasteiger charge is -2.11. The molecule has 0 spiro atoms. The highest BCUT2D eigenvalue weighted by atomic mass is 35.5. The fourth-order valence-electron chi connectivity index (χ4n) is 1.30. The van der Waals surface area contributed by atoms with Crippen molar-refractivity contribution in [3.8, 4) is 0 Å². The van der Waals surface area contributed by atoms with E-state index in [1.165, 1.54) is 0 Å². The van der Waals surface area contributed by atoms with Gasteiger partial charge >= 0.3 is 0 Å². The molecule has 17 heavy (non-hydrogen) atoms. The molecule has 2 nitrogen and oxygen atoms in total. The fourth-order valence-corrected chi connectivity index (χ4v) is 2.32. The summed E-state index contributed by atoms with van der Waals surface area (Å²) in [7, 11) is 0. The van der Waals surface area contributed by atoms with Crippen LogP contribution >= 0.6 is 23.4 Å². The zero-order chi connectivity index (χ0) is 12.7. The molecule has 1 rings (SSSR count). The molecule has 0 aliphatic carbocycles. The highest BCUT2D eigenvalue weighted by molar-refractivity contribution is 8.00. The largest absolute Gasteiger partial charge is 0.355 e. The van der Waals surface area contributed by atoms with E-state index < -0.39 is 0 Å². The summed E-state index contributed by atoms with van der Waals surface area (Å²) in [5.41, 5.74) is 0. The van der Waals surface area contributed by atoms with Crippen molar-refractivity contribution in [2.24, 2.45) is 0 Å². The van der Waals surface area contributed by atoms with Crippen LogP contribution in [0.4, 0.5) is 0 Å². The number of rotatable bonds is 6. The van der Waals surface area contributed by atoms with Crippen LogP contribution in [-0.2, 0) is 4.79 Å². The molecule has 1 N–H and O–H groups in total. The van der Waals surface area contributed by atoms with Gasteiger partial charge in [-0.2, -0.15) is 0 Å². The van der Waals surface area contributed by atoms with Gasteiger partial charge in [-0.1, -0.05) is 24.9 Å². The van der Waals surface area contributed by atoms with Crippen LogP contribution < -0.4 is 5.32 Å². The van der Waals surface area contributed by atoms with Gasteiger partial charge in [-0.3, -0.25) is 4.79 Å². The number of carbonyl (C=O) groups is 1. The molecule has 1 amide bonds. The van der Waals surface area contributed by atoms with Gasteiger partial charge in [-0.15, -0.1) is 11.8 Å². The van der Waals surface area contributed by atoms with Crippen molar-refractivity contribution in [3.05, 3.63) is 29.3 Å². The van der Waals surface area contributed by atoms with E-state index >= 15 is 0 Å². The molecule has 0 heterocycles. The monoisotopic (exact) mass is 271 g/mol. The lowest BCUT2D eigenvalue weighted by molar-refractivity contribution is -0.120. The molecule has 1 atom stereocenters. The minimum Gasteiger partial charge on any atom is -0.355 e. The number of hydrogen-bond acceptors (Lipinski definition) is 2. The Bertz CT molecular complexity index is 353. The second-order valence-corrected chi connectivity index (χ2v) is 5.71. The van der Waals surface area contributed by atoms with Gasteiger partial charge in [0.1, 0.15) is 0 Å². The average Bonchev–Trinajstić information content (AvgIpc) is 2.32. The Kier molecular flexibility index (Phi) is 6.45. The maximum atomic E-state index is 11.7. The summed E-state index contributed by atoms with van der Waals surface area (Å²) in [6, 6.07) is 7.54. The quantitative estimate of drug-likeness (QED) is 0.631. The first-order chi connectivity index (χ1) is 8.13. The van der Waals surface area contributed by atoms with E-state index in [9.17, 15) is 4.79 Å². The Morgan fingerprint density at radius 1 is 1.41 bits per heavy atom. The predicted molar refractivity (Wildman–Crippen MR) is 74.7 cm³/mol. The van der Waals surface area contributed by atoms with Gasteiger partial charge in [0.25, 0.3) is 0 Å². The molecular formula is C13H18ClNOS. The molecule has 1 aromatic rings. The Morgan fingerprint density at radius 2 is 2.06 bits per heavy atom. The summed E-state index contributed by atoms with van der Waals surface area (Å²) in [6.07, 6.45) is 2.13. The Labute approximate surface area is 112 Å². The van der Waals surface area contributed by atoms with E-state index in [4.69, 9.17) is 11.6 Å². The summed E-state index contributed by atoms with van der Waals surface area (Å²) in [5.74, 6) is 0.0957. The van der Waals surface area contributed by atoms with Crippen LogP contribution in [0.3, 0.4) is 0 Å². The number of amides is 1. The molecular weight excluding hydrogens is 254 g/mol. The van der Waals surface area contributed by atoms with Gasteiger partial charge < -0.3 is 5.32 Å². The zero-order valence-corrected chi connectivity index (χ0v) is 11.8.